The normalized spacial score (nSPS) is 11.2. The van der Waals surface area contributed by atoms with Gasteiger partial charge in [0.25, 0.3) is 0 Å². The average molecular weight is 782 g/mol. The van der Waals surface area contributed by atoms with E-state index in [2.05, 4.69) is 143 Å². The fourth-order valence-electron chi connectivity index (χ4n) is 6.53. The van der Waals surface area contributed by atoms with Crippen LogP contribution in [0.1, 0.15) is 0 Å². The van der Waals surface area contributed by atoms with Gasteiger partial charge in [-0.25, -0.2) is 4.98 Å². The average Bonchev–Trinajstić information content (AvgIpc) is 3.68. The Balaban J connectivity index is 0.00000324. The minimum absolute atomic E-state index is 0. The topological polar surface area (TPSA) is 35.6 Å². The van der Waals surface area contributed by atoms with Gasteiger partial charge in [-0.1, -0.05) is 96.6 Å². The maximum Gasteiger partial charge on any atom is 2.00 e. The monoisotopic (exact) mass is 781 g/mol. The van der Waals surface area contributed by atoms with E-state index in [1.807, 2.05) is 36.4 Å². The quantitative estimate of drug-likeness (QED) is 0.163. The first-order valence-electron chi connectivity index (χ1n) is 15.4. The second-order valence-electron chi connectivity index (χ2n) is 11.3. The standard InChI is InChI=1S/C42H26N4.Pt/c1-4-15-29(16-5-1)32-21-10-12-24-37(32)45-39-26-14-23-33(30-17-6-2-7-18-30)40(39)44-42(45)46-38-25-13-11-22-34(38)35-27-28-36(43-41(35)46)31-19-8-3-9-20-31;/h1-17,19,21-28H;/q-2;+2. The van der Waals surface area contributed by atoms with E-state index in [4.69, 9.17) is 9.97 Å². The van der Waals surface area contributed by atoms with Crippen LogP contribution in [0.5, 0.6) is 0 Å². The SMILES string of the molecule is [Pt+2].[c-]1ccccc1-c1ccc2c3ccccc3n(-c3nc4c(-c5[c-]cccc5)cccc4n3-c3ccccc3-c3ccccc3)c2n1. The predicted molar refractivity (Wildman–Crippen MR) is 187 cm³/mol. The van der Waals surface area contributed by atoms with Gasteiger partial charge in [-0.2, -0.15) is 0 Å². The molecule has 0 saturated heterocycles. The van der Waals surface area contributed by atoms with Crippen molar-refractivity contribution < 1.29 is 21.1 Å². The molecule has 0 fully saturated rings. The van der Waals surface area contributed by atoms with Crippen molar-refractivity contribution in [1.82, 2.24) is 19.1 Å². The number of hydrogen-bond acceptors (Lipinski definition) is 2. The number of fused-ring (bicyclic) bond motifs is 4. The molecular weight excluding hydrogens is 756 g/mol. The number of para-hydroxylation sites is 3. The van der Waals surface area contributed by atoms with E-state index in [0.29, 0.717) is 0 Å². The fourth-order valence-corrected chi connectivity index (χ4v) is 6.53. The van der Waals surface area contributed by atoms with Crippen LogP contribution in [-0.2, 0) is 21.1 Å². The summed E-state index contributed by atoms with van der Waals surface area (Å²) >= 11 is 0. The molecule has 9 aromatic rings. The summed E-state index contributed by atoms with van der Waals surface area (Å²) in [4.78, 5) is 10.8. The summed E-state index contributed by atoms with van der Waals surface area (Å²) in [6.45, 7) is 0. The summed E-state index contributed by atoms with van der Waals surface area (Å²) in [6, 6.07) is 61.1. The summed E-state index contributed by atoms with van der Waals surface area (Å²) < 4.78 is 4.51. The summed E-state index contributed by atoms with van der Waals surface area (Å²) in [5, 5.41) is 2.20. The number of benzene rings is 6. The molecule has 0 atom stereocenters. The summed E-state index contributed by atoms with van der Waals surface area (Å²) in [5.41, 5.74) is 10.9. The van der Waals surface area contributed by atoms with Crippen LogP contribution in [0.4, 0.5) is 0 Å². The Hall–Kier alpha value is -5.57. The molecular formula is C42H26N4Pt. The molecule has 3 aromatic heterocycles. The van der Waals surface area contributed by atoms with Crippen LogP contribution in [0.15, 0.2) is 158 Å². The molecule has 0 radical (unpaired) electrons. The Labute approximate surface area is 286 Å². The molecule has 5 heteroatoms. The molecule has 0 aliphatic rings. The van der Waals surface area contributed by atoms with Gasteiger partial charge in [0.2, 0.25) is 5.95 Å². The Bertz CT molecular complexity index is 2520. The van der Waals surface area contributed by atoms with Crippen molar-refractivity contribution in [3.05, 3.63) is 170 Å². The molecule has 0 bridgehead atoms. The van der Waals surface area contributed by atoms with Crippen LogP contribution in [-0.4, -0.2) is 19.1 Å². The zero-order chi connectivity index (χ0) is 30.5. The largest absolute Gasteiger partial charge is 2.00 e. The number of rotatable bonds is 5. The predicted octanol–water partition coefficient (Wildman–Crippen LogP) is 10.1. The Morgan fingerprint density at radius 1 is 0.468 bits per heavy atom. The number of hydrogen-bond donors (Lipinski definition) is 0. The van der Waals surface area contributed by atoms with Crippen LogP contribution in [0.3, 0.4) is 0 Å². The summed E-state index contributed by atoms with van der Waals surface area (Å²) in [7, 11) is 0. The summed E-state index contributed by atoms with van der Waals surface area (Å²) in [5.74, 6) is 0.773. The molecule has 47 heavy (non-hydrogen) atoms. The van der Waals surface area contributed by atoms with Crippen LogP contribution in [0.25, 0.3) is 78.1 Å². The van der Waals surface area contributed by atoms with Crippen molar-refractivity contribution in [2.45, 2.75) is 0 Å². The van der Waals surface area contributed by atoms with E-state index >= 15 is 0 Å². The molecule has 0 amide bonds. The second kappa shape index (κ2) is 12.0. The maximum atomic E-state index is 5.50. The minimum Gasteiger partial charge on any atom is -0.280 e. The smallest absolute Gasteiger partial charge is 0.280 e. The fraction of sp³-hybridized carbons (Fsp3) is 0. The van der Waals surface area contributed by atoms with Crippen LogP contribution in [0, 0.1) is 12.1 Å². The molecule has 0 N–H and O–H groups in total. The first-order valence-corrected chi connectivity index (χ1v) is 15.4. The molecule has 0 aliphatic carbocycles. The number of aromatic nitrogens is 4. The first-order chi connectivity index (χ1) is 22.8. The number of nitrogens with zero attached hydrogens (tertiary/aromatic N) is 4. The van der Waals surface area contributed by atoms with Crippen LogP contribution in [0.2, 0.25) is 0 Å². The zero-order valence-corrected chi connectivity index (χ0v) is 27.4. The van der Waals surface area contributed by atoms with Gasteiger partial charge in [-0.15, -0.1) is 71.8 Å². The molecule has 9 rings (SSSR count). The van der Waals surface area contributed by atoms with Gasteiger partial charge in [0.15, 0.2) is 0 Å². The van der Waals surface area contributed by atoms with Crippen molar-refractivity contribution in [3.8, 4) is 45.1 Å². The molecule has 6 aromatic carbocycles. The molecule has 4 nitrogen and oxygen atoms in total. The van der Waals surface area contributed by atoms with Crippen molar-refractivity contribution in [3.63, 3.8) is 0 Å². The molecule has 0 aliphatic heterocycles. The van der Waals surface area contributed by atoms with Crippen molar-refractivity contribution in [1.29, 1.82) is 0 Å². The zero-order valence-electron chi connectivity index (χ0n) is 25.1. The summed E-state index contributed by atoms with van der Waals surface area (Å²) in [6.07, 6.45) is 0. The van der Waals surface area contributed by atoms with Gasteiger partial charge in [0.1, 0.15) is 5.65 Å². The molecule has 0 spiro atoms. The van der Waals surface area contributed by atoms with E-state index in [9.17, 15) is 0 Å². The third-order valence-electron chi connectivity index (χ3n) is 8.60. The Kier molecular flexibility index (Phi) is 7.36. The minimum atomic E-state index is 0. The molecule has 0 unspecified atom stereocenters. The van der Waals surface area contributed by atoms with E-state index in [1.54, 1.807) is 0 Å². The first kappa shape index (κ1) is 28.9. The number of pyridine rings is 1. The number of imidazole rings is 1. The van der Waals surface area contributed by atoms with E-state index in [0.717, 1.165) is 78.1 Å². The van der Waals surface area contributed by atoms with Crippen molar-refractivity contribution in [2.24, 2.45) is 0 Å². The van der Waals surface area contributed by atoms with E-state index in [1.165, 1.54) is 0 Å². The molecule has 0 saturated carbocycles. The molecule has 224 valence electrons. The van der Waals surface area contributed by atoms with Crippen LogP contribution < -0.4 is 0 Å². The van der Waals surface area contributed by atoms with Crippen molar-refractivity contribution >= 4 is 33.0 Å². The van der Waals surface area contributed by atoms with Crippen LogP contribution >= 0.6 is 0 Å². The van der Waals surface area contributed by atoms with Gasteiger partial charge in [-0.3, -0.25) is 14.1 Å². The van der Waals surface area contributed by atoms with E-state index in [-0.39, 0.29) is 21.1 Å². The Morgan fingerprint density at radius 3 is 1.96 bits per heavy atom. The maximum absolute atomic E-state index is 5.50. The second-order valence-corrected chi connectivity index (χ2v) is 11.3. The van der Waals surface area contributed by atoms with Crippen molar-refractivity contribution in [2.75, 3.05) is 0 Å². The van der Waals surface area contributed by atoms with Gasteiger partial charge < -0.3 is 0 Å². The van der Waals surface area contributed by atoms with Gasteiger partial charge in [-0.05, 0) is 29.5 Å². The Morgan fingerprint density at radius 2 is 1.15 bits per heavy atom. The van der Waals surface area contributed by atoms with Gasteiger partial charge in [0, 0.05) is 16.3 Å². The van der Waals surface area contributed by atoms with E-state index < -0.39 is 0 Å². The van der Waals surface area contributed by atoms with Gasteiger partial charge in [0.05, 0.1) is 22.2 Å². The third-order valence-corrected chi connectivity index (χ3v) is 8.60. The molecule has 3 heterocycles. The third kappa shape index (κ3) is 4.81. The van der Waals surface area contributed by atoms with Gasteiger partial charge >= 0.3 is 21.1 Å².